The van der Waals surface area contributed by atoms with Crippen LogP contribution in [0.15, 0.2) is 36.7 Å². The molecule has 0 bridgehead atoms. The lowest BCUT2D eigenvalue weighted by molar-refractivity contribution is 0.0526. The largest absolute Gasteiger partial charge is 0.462 e. The minimum atomic E-state index is -0.295. The quantitative estimate of drug-likeness (QED) is 0.675. The van der Waals surface area contributed by atoms with Gasteiger partial charge in [-0.1, -0.05) is 13.8 Å². The summed E-state index contributed by atoms with van der Waals surface area (Å²) in [6.45, 7) is 6.42. The van der Waals surface area contributed by atoms with Crippen LogP contribution >= 0.6 is 0 Å². The van der Waals surface area contributed by atoms with Crippen molar-refractivity contribution in [2.45, 2.75) is 26.9 Å². The third kappa shape index (κ3) is 2.77. The molecule has 1 aromatic carbocycles. The van der Waals surface area contributed by atoms with Crippen molar-refractivity contribution in [2.75, 3.05) is 11.5 Å². The minimum absolute atomic E-state index is 0.0865. The number of nitrogens with two attached hydrogens (primary N) is 1. The monoisotopic (exact) mass is 275 g/mol. The van der Waals surface area contributed by atoms with Crippen LogP contribution < -0.4 is 10.7 Å². The molecule has 1 aliphatic heterocycles. The van der Waals surface area contributed by atoms with Crippen molar-refractivity contribution >= 4 is 11.7 Å². The van der Waals surface area contributed by atoms with Gasteiger partial charge in [0.1, 0.15) is 6.17 Å². The van der Waals surface area contributed by atoms with Crippen molar-refractivity contribution < 1.29 is 9.53 Å². The summed E-state index contributed by atoms with van der Waals surface area (Å²) < 4.78 is 4.97. The van der Waals surface area contributed by atoms with Crippen LogP contribution in [0.4, 0.5) is 5.69 Å². The highest BCUT2D eigenvalue weighted by Gasteiger charge is 2.28. The van der Waals surface area contributed by atoms with Crippen LogP contribution in [0.3, 0.4) is 0 Å². The number of carbonyl (C=O) groups excluding carboxylic acids is 1. The summed E-state index contributed by atoms with van der Waals surface area (Å²) in [5, 5.41) is 1.70. The molecule has 1 unspecified atom stereocenters. The van der Waals surface area contributed by atoms with Crippen molar-refractivity contribution in [3.63, 3.8) is 0 Å². The highest BCUT2D eigenvalue weighted by molar-refractivity contribution is 5.89. The molecule has 5 nitrogen and oxygen atoms in total. The fourth-order valence-electron chi connectivity index (χ4n) is 2.36. The van der Waals surface area contributed by atoms with Crippen LogP contribution in [0.2, 0.25) is 0 Å². The maximum Gasteiger partial charge on any atom is 0.338 e. The maximum atomic E-state index is 11.6. The molecule has 2 rings (SSSR count). The van der Waals surface area contributed by atoms with Crippen LogP contribution in [-0.2, 0) is 4.74 Å². The SMILES string of the molecule is CCOC(=O)c1ccc(N2C=CN(N)C2C(C)C)cc1. The Morgan fingerprint density at radius 2 is 1.95 bits per heavy atom. The molecule has 0 aliphatic carbocycles. The van der Waals surface area contributed by atoms with E-state index in [4.69, 9.17) is 10.6 Å². The van der Waals surface area contributed by atoms with Gasteiger partial charge in [-0.15, -0.1) is 0 Å². The second-order valence-electron chi connectivity index (χ2n) is 5.08. The molecule has 5 heteroatoms. The van der Waals surface area contributed by atoms with Gasteiger partial charge in [-0.3, -0.25) is 5.01 Å². The first kappa shape index (κ1) is 14.4. The van der Waals surface area contributed by atoms with Gasteiger partial charge in [0, 0.05) is 18.1 Å². The van der Waals surface area contributed by atoms with E-state index in [2.05, 4.69) is 18.7 Å². The molecule has 1 atom stereocenters. The van der Waals surface area contributed by atoms with Gasteiger partial charge in [0.05, 0.1) is 12.2 Å². The van der Waals surface area contributed by atoms with E-state index in [1.54, 1.807) is 24.1 Å². The number of nitrogens with zero attached hydrogens (tertiary/aromatic N) is 2. The highest BCUT2D eigenvalue weighted by Crippen LogP contribution is 2.27. The predicted molar refractivity (Wildman–Crippen MR) is 78.7 cm³/mol. The number of anilines is 1. The number of hydrogen-bond donors (Lipinski definition) is 1. The third-order valence-electron chi connectivity index (χ3n) is 3.26. The molecule has 0 aromatic heterocycles. The highest BCUT2D eigenvalue weighted by atomic mass is 16.5. The first-order valence-electron chi connectivity index (χ1n) is 6.81. The molecule has 108 valence electrons. The Kier molecular flexibility index (Phi) is 4.29. The number of carbonyl (C=O) groups is 1. The Balaban J connectivity index is 2.18. The Labute approximate surface area is 119 Å². The van der Waals surface area contributed by atoms with Gasteiger partial charge >= 0.3 is 5.97 Å². The van der Waals surface area contributed by atoms with Crippen LogP contribution in [0.25, 0.3) is 0 Å². The smallest absolute Gasteiger partial charge is 0.338 e. The Bertz CT molecular complexity index is 496. The van der Waals surface area contributed by atoms with Crippen molar-refractivity contribution in [2.24, 2.45) is 11.8 Å². The predicted octanol–water partition coefficient (Wildman–Crippen LogP) is 2.31. The molecular weight excluding hydrogens is 254 g/mol. The standard InChI is InChI=1S/C15H21N3O2/c1-4-20-15(19)12-5-7-13(8-6-12)17-9-10-18(16)14(17)11(2)3/h5-11,14H,4,16H2,1-3H3. The van der Waals surface area contributed by atoms with Gasteiger partial charge in [-0.25, -0.2) is 10.6 Å². The van der Waals surface area contributed by atoms with Crippen LogP contribution in [-0.4, -0.2) is 23.8 Å². The molecule has 0 radical (unpaired) electrons. The lowest BCUT2D eigenvalue weighted by Gasteiger charge is -2.33. The summed E-state index contributed by atoms with van der Waals surface area (Å²) in [6.07, 6.45) is 3.89. The summed E-state index contributed by atoms with van der Waals surface area (Å²) in [6, 6.07) is 7.37. The lowest BCUT2D eigenvalue weighted by Crippen LogP contribution is -2.46. The average Bonchev–Trinajstić information content (AvgIpc) is 2.81. The zero-order chi connectivity index (χ0) is 14.7. The van der Waals surface area contributed by atoms with Crippen molar-refractivity contribution in [3.05, 3.63) is 42.2 Å². The molecule has 0 fully saturated rings. The number of hydrazine groups is 1. The van der Waals surface area contributed by atoms with Crippen molar-refractivity contribution in [1.29, 1.82) is 0 Å². The summed E-state index contributed by atoms with van der Waals surface area (Å²) >= 11 is 0. The van der Waals surface area contributed by atoms with E-state index in [1.807, 2.05) is 24.5 Å². The lowest BCUT2D eigenvalue weighted by atomic mass is 10.1. The zero-order valence-corrected chi connectivity index (χ0v) is 12.1. The number of hydrogen-bond acceptors (Lipinski definition) is 5. The number of benzene rings is 1. The second-order valence-corrected chi connectivity index (χ2v) is 5.08. The van der Waals surface area contributed by atoms with E-state index in [0.717, 1.165) is 5.69 Å². The van der Waals surface area contributed by atoms with Gasteiger partial charge in [-0.2, -0.15) is 0 Å². The minimum Gasteiger partial charge on any atom is -0.462 e. The van der Waals surface area contributed by atoms with E-state index >= 15 is 0 Å². The summed E-state index contributed by atoms with van der Waals surface area (Å²) in [7, 11) is 0. The fourth-order valence-corrected chi connectivity index (χ4v) is 2.36. The first-order valence-corrected chi connectivity index (χ1v) is 6.81. The molecular formula is C15H21N3O2. The van der Waals surface area contributed by atoms with E-state index in [1.165, 1.54) is 0 Å². The van der Waals surface area contributed by atoms with Gasteiger partial charge in [0.15, 0.2) is 0 Å². The molecule has 0 saturated carbocycles. The maximum absolute atomic E-state index is 11.6. The van der Waals surface area contributed by atoms with E-state index in [9.17, 15) is 4.79 Å². The molecule has 1 aliphatic rings. The number of esters is 1. The van der Waals surface area contributed by atoms with E-state index in [0.29, 0.717) is 18.1 Å². The Hall–Kier alpha value is -2.01. The average molecular weight is 275 g/mol. The molecule has 1 heterocycles. The summed E-state index contributed by atoms with van der Waals surface area (Å²) in [5.74, 6) is 6.04. The third-order valence-corrected chi connectivity index (χ3v) is 3.26. The van der Waals surface area contributed by atoms with Crippen molar-refractivity contribution in [3.8, 4) is 0 Å². The topological polar surface area (TPSA) is 58.8 Å². The van der Waals surface area contributed by atoms with E-state index in [-0.39, 0.29) is 12.1 Å². The molecule has 0 spiro atoms. The van der Waals surface area contributed by atoms with Crippen molar-refractivity contribution in [1.82, 2.24) is 5.01 Å². The van der Waals surface area contributed by atoms with Crippen LogP contribution in [0.1, 0.15) is 31.1 Å². The van der Waals surface area contributed by atoms with Gasteiger partial charge in [0.25, 0.3) is 0 Å². The Morgan fingerprint density at radius 1 is 1.30 bits per heavy atom. The van der Waals surface area contributed by atoms with Gasteiger partial charge < -0.3 is 9.64 Å². The molecule has 0 amide bonds. The summed E-state index contributed by atoms with van der Waals surface area (Å²) in [5.41, 5.74) is 1.56. The molecule has 1 aromatic rings. The number of rotatable bonds is 4. The van der Waals surface area contributed by atoms with Gasteiger partial charge in [0.2, 0.25) is 0 Å². The van der Waals surface area contributed by atoms with Crippen LogP contribution in [0.5, 0.6) is 0 Å². The molecule has 2 N–H and O–H groups in total. The Morgan fingerprint density at radius 3 is 2.50 bits per heavy atom. The first-order chi connectivity index (χ1) is 9.54. The van der Waals surface area contributed by atoms with E-state index < -0.39 is 0 Å². The zero-order valence-electron chi connectivity index (χ0n) is 12.1. The summed E-state index contributed by atoms with van der Waals surface area (Å²) in [4.78, 5) is 13.7. The molecule has 20 heavy (non-hydrogen) atoms. The fraction of sp³-hybridized carbons (Fsp3) is 0.400. The van der Waals surface area contributed by atoms with Crippen LogP contribution in [0, 0.1) is 5.92 Å². The number of ether oxygens (including phenoxy) is 1. The molecule has 0 saturated heterocycles. The van der Waals surface area contributed by atoms with Gasteiger partial charge in [-0.05, 0) is 37.1 Å². The second kappa shape index (κ2) is 5.96. The normalized spacial score (nSPS) is 17.9.